The molecule has 1 aromatic carbocycles. The lowest BCUT2D eigenvalue weighted by molar-refractivity contribution is -0.148. The highest BCUT2D eigenvalue weighted by molar-refractivity contribution is 5.90. The zero-order chi connectivity index (χ0) is 27.3. The molecule has 0 radical (unpaired) electrons. The second-order valence-electron chi connectivity index (χ2n) is 13.1. The van der Waals surface area contributed by atoms with Crippen LogP contribution in [0.5, 0.6) is 0 Å². The Hall–Kier alpha value is -2.78. The smallest absolute Gasteiger partial charge is 0.248 e. The SMILES string of the molecule is CC(C)(C)[C@H](C(=O)N1C[C@H](O)C[C@H]1C(=O)NC1C2CCCC2C1OCc1ccccc1)n1cc(C2CC2)nn1. The van der Waals surface area contributed by atoms with E-state index in [4.69, 9.17) is 4.74 Å². The number of likely N-dealkylation sites (tertiary alicyclic amines) is 1. The Kier molecular flexibility index (Phi) is 7.00. The van der Waals surface area contributed by atoms with Crippen LogP contribution < -0.4 is 5.32 Å². The van der Waals surface area contributed by atoms with E-state index in [0.29, 0.717) is 24.4 Å². The number of aliphatic hydroxyl groups is 1. The molecule has 2 aromatic rings. The molecule has 3 aliphatic carbocycles. The summed E-state index contributed by atoms with van der Waals surface area (Å²) in [7, 11) is 0. The number of nitrogens with zero attached hydrogens (tertiary/aromatic N) is 4. The molecule has 1 saturated heterocycles. The first-order valence-electron chi connectivity index (χ1n) is 14.6. The molecule has 4 unspecified atom stereocenters. The third-order valence-corrected chi connectivity index (χ3v) is 9.16. The Morgan fingerprint density at radius 1 is 1.13 bits per heavy atom. The number of amides is 2. The van der Waals surface area contributed by atoms with Gasteiger partial charge in [0.2, 0.25) is 11.8 Å². The summed E-state index contributed by atoms with van der Waals surface area (Å²) in [5.41, 5.74) is 1.58. The Balaban J connectivity index is 1.17. The second-order valence-corrected chi connectivity index (χ2v) is 13.1. The summed E-state index contributed by atoms with van der Waals surface area (Å²) in [5, 5.41) is 22.5. The first-order chi connectivity index (χ1) is 18.7. The predicted octanol–water partition coefficient (Wildman–Crippen LogP) is 3.20. The largest absolute Gasteiger partial charge is 0.391 e. The van der Waals surface area contributed by atoms with Crippen molar-refractivity contribution in [2.75, 3.05) is 6.54 Å². The number of nitrogens with one attached hydrogen (secondary N) is 1. The number of carbonyl (C=O) groups is 2. The van der Waals surface area contributed by atoms with Crippen LogP contribution in [0.1, 0.15) is 82.5 Å². The number of ether oxygens (including phenoxy) is 1. The number of aliphatic hydroxyl groups excluding tert-OH is 1. The molecule has 1 aliphatic heterocycles. The van der Waals surface area contributed by atoms with E-state index < -0.39 is 23.6 Å². The Morgan fingerprint density at radius 2 is 1.87 bits per heavy atom. The molecule has 4 aliphatic rings. The highest BCUT2D eigenvalue weighted by Gasteiger charge is 2.55. The standard InChI is InChI=1S/C30H41N5O4/c1-30(2,3)27(35-16-23(32-33-35)19-12-13-19)29(38)34-15-20(36)14-24(34)28(37)31-25-21-10-7-11-22(21)26(25)39-17-18-8-5-4-6-9-18/h4-6,8-9,16,19-22,24-27,36H,7,10-15,17H2,1-3H3,(H,31,37)/t20-,21?,22?,24+,25?,26?,27+/m1/s1. The monoisotopic (exact) mass is 535 g/mol. The van der Waals surface area contributed by atoms with Crippen molar-refractivity contribution in [3.05, 3.63) is 47.8 Å². The van der Waals surface area contributed by atoms with Crippen molar-refractivity contribution in [2.45, 2.75) is 102 Å². The number of aromatic nitrogens is 3. The van der Waals surface area contributed by atoms with Crippen molar-refractivity contribution in [1.82, 2.24) is 25.2 Å². The van der Waals surface area contributed by atoms with Gasteiger partial charge in [0.1, 0.15) is 12.1 Å². The lowest BCUT2D eigenvalue weighted by atomic mass is 9.68. The summed E-state index contributed by atoms with van der Waals surface area (Å²) >= 11 is 0. The van der Waals surface area contributed by atoms with Crippen molar-refractivity contribution in [2.24, 2.45) is 17.3 Å². The van der Waals surface area contributed by atoms with Crippen LogP contribution in [0.3, 0.4) is 0 Å². The summed E-state index contributed by atoms with van der Waals surface area (Å²) in [6.45, 7) is 6.65. The molecular formula is C30H41N5O4. The van der Waals surface area contributed by atoms with Gasteiger partial charge in [-0.15, -0.1) is 5.10 Å². The van der Waals surface area contributed by atoms with Gasteiger partial charge in [-0.25, -0.2) is 4.68 Å². The lowest BCUT2D eigenvalue weighted by Crippen LogP contribution is -2.64. The maximum atomic E-state index is 14.0. The van der Waals surface area contributed by atoms with Gasteiger partial charge in [-0.1, -0.05) is 62.7 Å². The minimum Gasteiger partial charge on any atom is -0.391 e. The third-order valence-electron chi connectivity index (χ3n) is 9.16. The summed E-state index contributed by atoms with van der Waals surface area (Å²) in [4.78, 5) is 29.3. The van der Waals surface area contributed by atoms with Crippen LogP contribution in [0, 0.1) is 17.3 Å². The van der Waals surface area contributed by atoms with Gasteiger partial charge in [0, 0.05) is 25.1 Å². The molecule has 7 atom stereocenters. The lowest BCUT2D eigenvalue weighted by Gasteiger charge is -2.49. The van der Waals surface area contributed by atoms with E-state index in [2.05, 4.69) is 27.8 Å². The normalized spacial score (nSPS) is 31.0. The molecule has 0 bridgehead atoms. The maximum absolute atomic E-state index is 14.0. The van der Waals surface area contributed by atoms with Crippen LogP contribution in [-0.2, 0) is 20.9 Å². The Labute approximate surface area is 230 Å². The molecule has 1 aromatic heterocycles. The Bertz CT molecular complexity index is 1190. The number of benzene rings is 1. The molecule has 2 amide bonds. The third kappa shape index (κ3) is 5.23. The van der Waals surface area contributed by atoms with Gasteiger partial charge in [-0.3, -0.25) is 9.59 Å². The van der Waals surface area contributed by atoms with E-state index in [9.17, 15) is 14.7 Å². The highest BCUT2D eigenvalue weighted by Crippen LogP contribution is 2.49. The molecule has 9 nitrogen and oxygen atoms in total. The van der Waals surface area contributed by atoms with Crippen LogP contribution in [0.4, 0.5) is 0 Å². The molecule has 39 heavy (non-hydrogen) atoms. The van der Waals surface area contributed by atoms with Crippen LogP contribution >= 0.6 is 0 Å². The average molecular weight is 536 g/mol. The molecule has 210 valence electrons. The van der Waals surface area contributed by atoms with E-state index in [1.54, 1.807) is 9.58 Å². The van der Waals surface area contributed by atoms with E-state index in [1.807, 2.05) is 45.2 Å². The average Bonchev–Trinajstić information content (AvgIpc) is 3.28. The number of β-amino-alcohol motifs (C(OH)–C–C–N with tert-alkyl or cyclic N) is 1. The summed E-state index contributed by atoms with van der Waals surface area (Å²) in [5.74, 6) is 0.900. The van der Waals surface area contributed by atoms with Crippen LogP contribution in [0.25, 0.3) is 0 Å². The maximum Gasteiger partial charge on any atom is 0.248 e. The quantitative estimate of drug-likeness (QED) is 0.537. The number of rotatable bonds is 8. The zero-order valence-electron chi connectivity index (χ0n) is 23.2. The molecule has 0 spiro atoms. The van der Waals surface area contributed by atoms with Gasteiger partial charge < -0.3 is 20.1 Å². The van der Waals surface area contributed by atoms with Crippen LogP contribution in [-0.4, -0.2) is 67.7 Å². The second kappa shape index (κ2) is 10.3. The van der Waals surface area contributed by atoms with Crippen molar-refractivity contribution in [1.29, 1.82) is 0 Å². The van der Waals surface area contributed by atoms with Gasteiger partial charge in [0.05, 0.1) is 30.6 Å². The fourth-order valence-corrected chi connectivity index (χ4v) is 7.01. The fourth-order valence-electron chi connectivity index (χ4n) is 7.01. The van der Waals surface area contributed by atoms with Crippen molar-refractivity contribution in [3.8, 4) is 0 Å². The molecule has 2 N–H and O–H groups in total. The van der Waals surface area contributed by atoms with E-state index in [1.165, 1.54) is 0 Å². The summed E-state index contributed by atoms with van der Waals surface area (Å²) in [6, 6.07) is 8.69. The van der Waals surface area contributed by atoms with Gasteiger partial charge in [0.25, 0.3) is 0 Å². The highest BCUT2D eigenvalue weighted by atomic mass is 16.5. The van der Waals surface area contributed by atoms with Crippen molar-refractivity contribution < 1.29 is 19.4 Å². The van der Waals surface area contributed by atoms with E-state index >= 15 is 0 Å². The molecular weight excluding hydrogens is 494 g/mol. The fraction of sp³-hybridized carbons (Fsp3) is 0.667. The molecule has 6 rings (SSSR count). The first kappa shape index (κ1) is 26.4. The van der Waals surface area contributed by atoms with Crippen LogP contribution in [0.15, 0.2) is 36.5 Å². The van der Waals surface area contributed by atoms with Gasteiger partial charge in [-0.05, 0) is 48.5 Å². The van der Waals surface area contributed by atoms with E-state index in [0.717, 1.165) is 43.4 Å². The molecule has 4 fully saturated rings. The van der Waals surface area contributed by atoms with Crippen molar-refractivity contribution >= 4 is 11.8 Å². The molecule has 3 saturated carbocycles. The molecule has 2 heterocycles. The van der Waals surface area contributed by atoms with Gasteiger partial charge in [0.15, 0.2) is 0 Å². The number of hydrogen-bond acceptors (Lipinski definition) is 6. The summed E-state index contributed by atoms with van der Waals surface area (Å²) in [6.07, 6.45) is 6.90. The zero-order valence-corrected chi connectivity index (χ0v) is 23.2. The van der Waals surface area contributed by atoms with Gasteiger partial charge >= 0.3 is 0 Å². The number of carbonyl (C=O) groups excluding carboxylic acids is 2. The van der Waals surface area contributed by atoms with Gasteiger partial charge in [-0.2, -0.15) is 0 Å². The molecule has 9 heteroatoms. The summed E-state index contributed by atoms with van der Waals surface area (Å²) < 4.78 is 8.02. The minimum absolute atomic E-state index is 0.0320. The number of fused-ring (bicyclic) bond motifs is 1. The Morgan fingerprint density at radius 3 is 2.59 bits per heavy atom. The van der Waals surface area contributed by atoms with Crippen molar-refractivity contribution in [3.63, 3.8) is 0 Å². The number of hydrogen-bond donors (Lipinski definition) is 2. The van der Waals surface area contributed by atoms with Crippen LogP contribution in [0.2, 0.25) is 0 Å². The predicted molar refractivity (Wildman–Crippen MR) is 144 cm³/mol. The topological polar surface area (TPSA) is 110 Å². The minimum atomic E-state index is -0.742. The van der Waals surface area contributed by atoms with E-state index in [-0.39, 0.29) is 36.9 Å². The first-order valence-corrected chi connectivity index (χ1v) is 14.6.